The Morgan fingerprint density at radius 3 is 0.562 bits per heavy atom. The van der Waals surface area contributed by atoms with Crippen molar-refractivity contribution in [3.05, 3.63) is 0 Å². The maximum absolute atomic E-state index is 13.3. The van der Waals surface area contributed by atoms with Crippen LogP contribution >= 0.6 is 16.5 Å². The highest BCUT2D eigenvalue weighted by molar-refractivity contribution is 7.30. The summed E-state index contributed by atoms with van der Waals surface area (Å²) in [6, 6.07) is 0. The number of alkyl halides is 34. The van der Waals surface area contributed by atoms with Crippen LogP contribution in [0.15, 0.2) is 0 Å². The second kappa shape index (κ2) is 19.3. The molecule has 64 heavy (non-hydrogen) atoms. The Bertz CT molecular complexity index is 1470. The van der Waals surface area contributed by atoms with Crippen LogP contribution in [0.25, 0.3) is 0 Å². The molecule has 0 aliphatic rings. The van der Waals surface area contributed by atoms with Crippen molar-refractivity contribution in [1.29, 1.82) is 0 Å². The normalized spacial score (nSPS) is 16.0. The smallest absolute Gasteiger partial charge is 0.488 e. The van der Waals surface area contributed by atoms with Crippen LogP contribution in [0.2, 0.25) is 0 Å². The van der Waals surface area contributed by atoms with E-state index in [0.29, 0.717) is 0 Å². The van der Waals surface area contributed by atoms with Crippen LogP contribution in [0.3, 0.4) is 0 Å². The van der Waals surface area contributed by atoms with Gasteiger partial charge in [0.05, 0.1) is 0 Å². The number of quaternary nitrogens is 2. The average molecular weight is 1090 g/mol. The molecule has 0 spiro atoms. The first-order valence-corrected chi connectivity index (χ1v) is 15.5. The van der Waals surface area contributed by atoms with Gasteiger partial charge in [-0.3, -0.25) is 0 Å². The number of halogens is 34. The van der Waals surface area contributed by atoms with Crippen molar-refractivity contribution in [3.8, 4) is 0 Å². The van der Waals surface area contributed by atoms with Crippen molar-refractivity contribution < 1.29 is 177 Å². The molecule has 0 aromatic heterocycles. The second-order valence-corrected chi connectivity index (χ2v) is 12.3. The Labute approximate surface area is 328 Å². The molecule has 0 aromatic carbocycles. The molecule has 2 unspecified atom stereocenters. The molecular formula is C20H16F34N2O6P2+2. The van der Waals surface area contributed by atoms with Crippen LogP contribution in [0.5, 0.6) is 0 Å². The molecule has 0 saturated heterocycles. The monoisotopic (exact) mass is 1090 g/mol. The maximum Gasteiger partial charge on any atom is 0.488 e. The van der Waals surface area contributed by atoms with Crippen molar-refractivity contribution in [1.82, 2.24) is 12.3 Å². The summed E-state index contributed by atoms with van der Waals surface area (Å²) >= 11 is 0. The summed E-state index contributed by atoms with van der Waals surface area (Å²) in [5, 5.41) is 0. The van der Waals surface area contributed by atoms with Gasteiger partial charge in [-0.15, -0.1) is 9.05 Å². The lowest BCUT2D eigenvalue weighted by molar-refractivity contribution is -0.461. The predicted molar refractivity (Wildman–Crippen MR) is 130 cm³/mol. The van der Waals surface area contributed by atoms with Crippen LogP contribution in [-0.4, -0.2) is 108 Å². The van der Waals surface area contributed by atoms with Gasteiger partial charge in [-0.25, -0.2) is 0 Å². The van der Waals surface area contributed by atoms with E-state index in [9.17, 15) is 168 Å². The van der Waals surface area contributed by atoms with E-state index in [1.54, 1.807) is 0 Å². The van der Waals surface area contributed by atoms with Crippen molar-refractivity contribution in [2.24, 2.45) is 0 Å². The molecule has 0 aliphatic heterocycles. The van der Waals surface area contributed by atoms with Gasteiger partial charge in [0.15, 0.2) is 0 Å². The zero-order valence-corrected chi connectivity index (χ0v) is 30.8. The highest BCUT2D eigenvalue weighted by Crippen LogP contribution is 2.66. The predicted octanol–water partition coefficient (Wildman–Crippen LogP) is 11.6. The lowest BCUT2D eigenvalue weighted by Crippen LogP contribution is -2.74. The third-order valence-electron chi connectivity index (χ3n) is 6.80. The molecule has 0 amide bonds. The summed E-state index contributed by atoms with van der Waals surface area (Å²) in [6.07, 6.45) is -21.6. The first-order valence-electron chi connectivity index (χ1n) is 13.3. The van der Waals surface area contributed by atoms with Crippen molar-refractivity contribution >= 4 is 16.5 Å². The fraction of sp³-hybridized carbons (Fsp3) is 1.00. The van der Waals surface area contributed by atoms with Crippen molar-refractivity contribution in [3.63, 3.8) is 0 Å². The summed E-state index contributed by atoms with van der Waals surface area (Å²) in [5.41, 5.74) is 0. The van der Waals surface area contributed by atoms with Gasteiger partial charge in [0.1, 0.15) is 13.2 Å². The Hall–Kier alpha value is -2.42. The Morgan fingerprint density at radius 1 is 0.281 bits per heavy atom. The largest absolute Gasteiger partial charge is 0.566 e. The fourth-order valence-corrected chi connectivity index (χ4v) is 3.68. The van der Waals surface area contributed by atoms with E-state index in [1.165, 1.54) is 0 Å². The maximum atomic E-state index is 13.3. The highest BCUT2D eigenvalue weighted by Gasteiger charge is 2.97. The van der Waals surface area contributed by atoms with E-state index in [2.05, 4.69) is 9.05 Å². The number of hydrogen-bond acceptors (Lipinski definition) is 6. The van der Waals surface area contributed by atoms with Gasteiger partial charge < -0.3 is 22.1 Å². The second-order valence-electron chi connectivity index (χ2n) is 10.9. The summed E-state index contributed by atoms with van der Waals surface area (Å²) in [4.78, 5) is 19.8. The molecule has 0 fully saturated rings. The summed E-state index contributed by atoms with van der Waals surface area (Å²) in [5.74, 6) is -114. The number of rotatable bonds is 20. The molecule has 2 atom stereocenters. The van der Waals surface area contributed by atoms with E-state index in [1.807, 2.05) is 0 Å². The molecule has 0 aliphatic carbocycles. The van der Waals surface area contributed by atoms with Gasteiger partial charge in [-0.2, -0.15) is 149 Å². The van der Waals surface area contributed by atoms with Gasteiger partial charge in [0.25, 0.3) is 0 Å². The zero-order chi connectivity index (χ0) is 51.4. The summed E-state index contributed by atoms with van der Waals surface area (Å²) < 4.78 is 464. The van der Waals surface area contributed by atoms with Gasteiger partial charge >= 0.3 is 112 Å². The van der Waals surface area contributed by atoms with Crippen LogP contribution < -0.4 is 22.1 Å². The molecule has 44 heteroatoms. The molecular weight excluding hydrogens is 1070 g/mol. The van der Waals surface area contributed by atoms with Crippen LogP contribution in [0, 0.1) is 0 Å². The minimum atomic E-state index is -8.70. The van der Waals surface area contributed by atoms with Gasteiger partial charge in [-0.1, -0.05) is 0 Å². The van der Waals surface area contributed by atoms with Gasteiger partial charge in [0.2, 0.25) is 0 Å². The zero-order valence-electron chi connectivity index (χ0n) is 29.0. The van der Waals surface area contributed by atoms with E-state index >= 15 is 0 Å². The van der Waals surface area contributed by atoms with Crippen LogP contribution in [-0.2, 0) is 18.2 Å². The van der Waals surface area contributed by atoms with Crippen molar-refractivity contribution in [2.45, 2.75) is 108 Å². The first-order chi connectivity index (χ1) is 26.3. The standard InChI is InChI=1S/2C10H4F17O3P.2H3N/c2*11-3(12,1-2-30-31(28)29)4(13,14)5(15,16)6(17,18)7(19,20)8(21,22)9(23,24)10(25,26)27;;/h2*1-2H2;2*1H3/p+2. The molecule has 8 N–H and O–H groups in total. The van der Waals surface area contributed by atoms with Crippen molar-refractivity contribution in [2.75, 3.05) is 13.2 Å². The third-order valence-corrected chi connectivity index (χ3v) is 7.59. The lowest BCUT2D eigenvalue weighted by Gasteiger charge is -2.42. The minimum Gasteiger partial charge on any atom is -0.566 e. The molecule has 0 rings (SSSR count). The van der Waals surface area contributed by atoms with E-state index in [0.717, 1.165) is 0 Å². The summed E-state index contributed by atoms with van der Waals surface area (Å²) in [7, 11) is -8.24. The van der Waals surface area contributed by atoms with E-state index in [-0.39, 0.29) is 12.3 Å². The van der Waals surface area contributed by atoms with Gasteiger partial charge in [0, 0.05) is 12.8 Å². The van der Waals surface area contributed by atoms with E-state index < -0.39 is 138 Å². The molecule has 0 heterocycles. The molecule has 0 bridgehead atoms. The molecule has 0 saturated carbocycles. The van der Waals surface area contributed by atoms with E-state index in [4.69, 9.17) is 0 Å². The Kier molecular flexibility index (Phi) is 20.5. The molecule has 388 valence electrons. The minimum absolute atomic E-state index is 0. The Balaban J connectivity index is -0.000000545. The molecule has 8 nitrogen and oxygen atoms in total. The topological polar surface area (TPSA) is 172 Å². The fourth-order valence-electron chi connectivity index (χ4n) is 3.20. The lowest BCUT2D eigenvalue weighted by atomic mass is 9.88. The molecule has 0 radical (unpaired) electrons. The molecule has 0 aromatic rings. The first kappa shape index (κ1) is 68.2. The Morgan fingerprint density at radius 2 is 0.422 bits per heavy atom. The summed E-state index contributed by atoms with van der Waals surface area (Å²) in [6.45, 7) is -4.36. The highest BCUT2D eigenvalue weighted by atomic mass is 31.1. The van der Waals surface area contributed by atoms with Crippen LogP contribution in [0.1, 0.15) is 12.8 Å². The average Bonchev–Trinajstić information content (AvgIpc) is 3.02. The third kappa shape index (κ3) is 10.8. The number of hydrogen-bond donors (Lipinski definition) is 2. The SMILES string of the molecule is O=[P+]([O-])OCCC(F)(F)C(F)(F)C(F)(F)C(F)(F)C(F)(F)C(F)(F)C(F)(F)C(F)(F)F.O=[P+]([O-])OCCC(F)(F)C(F)(F)C(F)(F)C(F)(F)C(F)(F)C(F)(F)C(F)(F)C(F)(F)F.[NH4+].[NH4+]. The van der Waals surface area contributed by atoms with Crippen LogP contribution in [0.4, 0.5) is 149 Å². The van der Waals surface area contributed by atoms with Gasteiger partial charge in [-0.05, 0) is 9.13 Å². The quantitative estimate of drug-likeness (QED) is 0.0907.